The van der Waals surface area contributed by atoms with Crippen LogP contribution in [0.4, 0.5) is 0 Å². The van der Waals surface area contributed by atoms with E-state index < -0.39 is 38.6 Å². The van der Waals surface area contributed by atoms with E-state index >= 15 is 0 Å². The lowest BCUT2D eigenvalue weighted by Gasteiger charge is -1.93. The molecule has 4 heteroatoms. The Labute approximate surface area is 82.6 Å². The highest BCUT2D eigenvalue weighted by atomic mass is 16.1. The Balaban J connectivity index is 5.64. The molecule has 0 saturated carbocycles. The summed E-state index contributed by atoms with van der Waals surface area (Å²) in [6.07, 6.45) is -10.6. The molecule has 0 aliphatic rings. The first-order valence-electron chi connectivity index (χ1n) is 6.95. The second kappa shape index (κ2) is 9.76. The molecule has 0 rings (SSSR count). The Morgan fingerprint density at radius 3 is 1.67 bits per heavy atom. The summed E-state index contributed by atoms with van der Waals surface area (Å²) in [6.45, 7) is -2.04. The van der Waals surface area contributed by atoms with Gasteiger partial charge in [-0.15, -0.1) is 0 Å². The highest BCUT2D eigenvalue weighted by Crippen LogP contribution is 1.99. The van der Waals surface area contributed by atoms with E-state index in [-0.39, 0.29) is 0 Å². The van der Waals surface area contributed by atoms with Crippen LogP contribution >= 0.6 is 0 Å². The van der Waals surface area contributed by atoms with E-state index in [0.29, 0.717) is 0 Å². The summed E-state index contributed by atoms with van der Waals surface area (Å²) in [6, 6.07) is 0. The van der Waals surface area contributed by atoms with Gasteiger partial charge in [-0.1, -0.05) is 12.7 Å². The SMILES string of the molecule is [2H]C([2H])(CN=C=O)C([2H])([2H])C([2H])([2H])C([2H])([2H])CN=C=O. The third-order valence-corrected chi connectivity index (χ3v) is 0.685. The average Bonchev–Trinajstić information content (AvgIpc) is 2.33. The molecular formula is C8H12N2O2. The van der Waals surface area contributed by atoms with E-state index in [9.17, 15) is 9.59 Å². The third kappa shape index (κ3) is 8.76. The topological polar surface area (TPSA) is 58.9 Å². The maximum Gasteiger partial charge on any atom is 0.234 e. The van der Waals surface area contributed by atoms with Gasteiger partial charge < -0.3 is 0 Å². The predicted molar refractivity (Wildman–Crippen MR) is 44.4 cm³/mol. The minimum absolute atomic E-state index is 1.00. The molecule has 0 aliphatic heterocycles. The third-order valence-electron chi connectivity index (χ3n) is 0.685. The largest absolute Gasteiger partial charge is 0.234 e. The van der Waals surface area contributed by atoms with Crippen molar-refractivity contribution in [1.82, 2.24) is 0 Å². The van der Waals surface area contributed by atoms with Crippen LogP contribution in [0.1, 0.15) is 36.5 Å². The molecule has 66 valence electrons. The number of nitrogens with zero attached hydrogens (tertiary/aromatic N) is 2. The van der Waals surface area contributed by atoms with Crippen LogP contribution in [0.3, 0.4) is 0 Å². The molecule has 0 aromatic rings. The molecule has 0 aromatic heterocycles. The quantitative estimate of drug-likeness (QED) is 0.432. The number of isocyanates is 2. The van der Waals surface area contributed by atoms with Gasteiger partial charge in [0, 0.05) is 11.0 Å². The van der Waals surface area contributed by atoms with Gasteiger partial charge in [0.05, 0.1) is 13.1 Å². The molecule has 0 heterocycles. The van der Waals surface area contributed by atoms with Gasteiger partial charge in [0.25, 0.3) is 0 Å². The van der Waals surface area contributed by atoms with Gasteiger partial charge in [0.1, 0.15) is 0 Å². The van der Waals surface area contributed by atoms with E-state index in [0.717, 1.165) is 12.2 Å². The van der Waals surface area contributed by atoms with Crippen molar-refractivity contribution in [1.29, 1.82) is 0 Å². The number of aliphatic imine (C=N–C) groups is 2. The van der Waals surface area contributed by atoms with Gasteiger partial charge in [0.15, 0.2) is 0 Å². The molecule has 0 spiro atoms. The van der Waals surface area contributed by atoms with Crippen LogP contribution in [0, 0.1) is 0 Å². The molecule has 0 radical (unpaired) electrons. The minimum Gasteiger partial charge on any atom is -0.211 e. The van der Waals surface area contributed by atoms with Crippen molar-refractivity contribution in [3.05, 3.63) is 0 Å². The highest BCUT2D eigenvalue weighted by Gasteiger charge is 1.87. The smallest absolute Gasteiger partial charge is 0.211 e. The summed E-state index contributed by atoms with van der Waals surface area (Å²) in [4.78, 5) is 25.7. The number of rotatable bonds is 7. The zero-order chi connectivity index (χ0) is 16.2. The van der Waals surface area contributed by atoms with E-state index in [1.807, 2.05) is 0 Å². The van der Waals surface area contributed by atoms with Gasteiger partial charge in [-0.25, -0.2) is 19.6 Å². The fourth-order valence-corrected chi connectivity index (χ4v) is 0.311. The van der Waals surface area contributed by atoms with Crippen LogP contribution in [0.15, 0.2) is 9.98 Å². The Bertz CT molecular complexity index is 409. The Morgan fingerprint density at radius 2 is 1.33 bits per heavy atom. The van der Waals surface area contributed by atoms with Crippen molar-refractivity contribution in [3.8, 4) is 0 Å². The van der Waals surface area contributed by atoms with Gasteiger partial charge in [-0.2, -0.15) is 0 Å². The minimum atomic E-state index is -3.34. The van der Waals surface area contributed by atoms with Gasteiger partial charge >= 0.3 is 0 Å². The molecule has 0 atom stereocenters. The molecular weight excluding hydrogens is 156 g/mol. The second-order valence-electron chi connectivity index (χ2n) is 1.42. The fraction of sp³-hybridized carbons (Fsp3) is 0.750. The molecule has 0 fully saturated rings. The molecule has 0 bridgehead atoms. The molecule has 0 aromatic carbocycles. The maximum absolute atomic E-state index is 9.96. The van der Waals surface area contributed by atoms with Crippen LogP contribution in [0.25, 0.3) is 0 Å². The molecule has 0 N–H and O–H groups in total. The highest BCUT2D eigenvalue weighted by molar-refractivity contribution is 5.32. The van der Waals surface area contributed by atoms with Crippen LogP contribution in [0.5, 0.6) is 0 Å². The van der Waals surface area contributed by atoms with Crippen LogP contribution < -0.4 is 0 Å². The number of hydrogen-bond acceptors (Lipinski definition) is 4. The zero-order valence-electron chi connectivity index (χ0n) is 14.1. The van der Waals surface area contributed by atoms with Crippen LogP contribution in [0.2, 0.25) is 0 Å². The van der Waals surface area contributed by atoms with E-state index in [4.69, 9.17) is 11.0 Å². The van der Waals surface area contributed by atoms with Gasteiger partial charge in [-0.05, 0) is 12.7 Å². The first-order chi connectivity index (χ1) is 8.87. The van der Waals surface area contributed by atoms with Crippen molar-refractivity contribution in [3.63, 3.8) is 0 Å². The van der Waals surface area contributed by atoms with Crippen molar-refractivity contribution < 1.29 is 20.6 Å². The van der Waals surface area contributed by atoms with Gasteiger partial charge in [0.2, 0.25) is 12.2 Å². The summed E-state index contributed by atoms with van der Waals surface area (Å²) in [5.74, 6) is 0. The normalized spacial score (nSPS) is 23.0. The lowest BCUT2D eigenvalue weighted by atomic mass is 10.2. The van der Waals surface area contributed by atoms with Crippen LogP contribution in [-0.2, 0) is 9.59 Å². The lowest BCUT2D eigenvalue weighted by Crippen LogP contribution is -1.84. The number of hydrogen-bond donors (Lipinski definition) is 0. The molecule has 0 amide bonds. The monoisotopic (exact) mass is 176 g/mol. The van der Waals surface area contributed by atoms with Crippen molar-refractivity contribution in [2.45, 2.75) is 25.5 Å². The predicted octanol–water partition coefficient (Wildman–Crippen LogP) is 1.22. The Kier molecular flexibility index (Phi) is 2.64. The number of carbonyl (C=O) groups excluding carboxylic acids is 2. The van der Waals surface area contributed by atoms with E-state index in [1.165, 1.54) is 0 Å². The van der Waals surface area contributed by atoms with Crippen molar-refractivity contribution in [2.75, 3.05) is 13.1 Å². The summed E-state index contributed by atoms with van der Waals surface area (Å²) in [5.41, 5.74) is 0. The maximum atomic E-state index is 9.96. The summed E-state index contributed by atoms with van der Waals surface area (Å²) in [5, 5.41) is 0. The standard InChI is InChI=1S/C8H12N2O2/c11-7-9-5-3-1-2-4-6-10-8-12/h1-6H2/i1D2,2D2,3D2,4D2. The van der Waals surface area contributed by atoms with Gasteiger partial charge in [-0.3, -0.25) is 0 Å². The van der Waals surface area contributed by atoms with Crippen LogP contribution in [-0.4, -0.2) is 25.2 Å². The second-order valence-corrected chi connectivity index (χ2v) is 1.42. The molecule has 0 aliphatic carbocycles. The molecule has 0 saturated heterocycles. The fourth-order valence-electron chi connectivity index (χ4n) is 0.311. The summed E-state index contributed by atoms with van der Waals surface area (Å²) in [7, 11) is 0. The Morgan fingerprint density at radius 1 is 0.917 bits per heavy atom. The molecule has 0 unspecified atom stereocenters. The van der Waals surface area contributed by atoms with Crippen molar-refractivity contribution in [2.24, 2.45) is 9.98 Å². The van der Waals surface area contributed by atoms with E-state index in [2.05, 4.69) is 9.98 Å². The average molecular weight is 176 g/mol. The first kappa shape index (κ1) is 3.25. The molecule has 12 heavy (non-hydrogen) atoms. The van der Waals surface area contributed by atoms with Crippen molar-refractivity contribution >= 4 is 12.2 Å². The first-order valence-corrected chi connectivity index (χ1v) is 2.95. The summed E-state index contributed by atoms with van der Waals surface area (Å²) < 4.78 is 60.0. The zero-order valence-corrected chi connectivity index (χ0v) is 6.13. The Hall–Kier alpha value is -1.24. The lowest BCUT2D eigenvalue weighted by molar-refractivity contribution is 0.558. The molecule has 4 nitrogen and oxygen atoms in total. The summed E-state index contributed by atoms with van der Waals surface area (Å²) >= 11 is 0. The van der Waals surface area contributed by atoms with E-state index in [1.54, 1.807) is 0 Å².